The molecule has 0 aliphatic carbocycles. The van der Waals surface area contributed by atoms with E-state index in [4.69, 9.17) is 10.9 Å². The largest absolute Gasteiger partial charge is 0.409 e. The van der Waals surface area contributed by atoms with E-state index in [-0.39, 0.29) is 11.7 Å². The van der Waals surface area contributed by atoms with Crippen LogP contribution in [0.25, 0.3) is 0 Å². The standard InChI is InChI=1S/C11H15BrFN3O/c12-10-4-3-9(13)6-8(10)7-15-5-1-2-11(14)16-17/h3-4,6,15,17H,1-2,5,7H2,(H2,14,16). The maximum atomic E-state index is 13.0. The number of amidine groups is 1. The first-order valence-electron chi connectivity index (χ1n) is 5.24. The van der Waals surface area contributed by atoms with Gasteiger partial charge in [0.2, 0.25) is 0 Å². The number of hydrogen-bond donors (Lipinski definition) is 3. The maximum Gasteiger partial charge on any atom is 0.139 e. The van der Waals surface area contributed by atoms with Gasteiger partial charge in [-0.25, -0.2) is 4.39 Å². The predicted molar refractivity (Wildman–Crippen MR) is 68.4 cm³/mol. The number of hydrogen-bond acceptors (Lipinski definition) is 3. The van der Waals surface area contributed by atoms with Crippen LogP contribution >= 0.6 is 15.9 Å². The average Bonchev–Trinajstić information content (AvgIpc) is 2.32. The Bertz CT molecular complexity index is 398. The maximum absolute atomic E-state index is 13.0. The van der Waals surface area contributed by atoms with Crippen LogP contribution in [-0.4, -0.2) is 17.6 Å². The molecule has 0 fully saturated rings. The van der Waals surface area contributed by atoms with Crippen LogP contribution < -0.4 is 11.1 Å². The van der Waals surface area contributed by atoms with Crippen molar-refractivity contribution in [1.82, 2.24) is 5.32 Å². The zero-order valence-electron chi connectivity index (χ0n) is 9.29. The SMILES string of the molecule is NC(CCCNCc1cc(F)ccc1Br)=NO. The van der Waals surface area contributed by atoms with E-state index < -0.39 is 0 Å². The van der Waals surface area contributed by atoms with E-state index >= 15 is 0 Å². The first-order valence-corrected chi connectivity index (χ1v) is 6.04. The molecule has 94 valence electrons. The molecule has 0 heterocycles. The molecule has 0 spiro atoms. The smallest absolute Gasteiger partial charge is 0.139 e. The van der Waals surface area contributed by atoms with Crippen LogP contribution in [0.4, 0.5) is 4.39 Å². The highest BCUT2D eigenvalue weighted by Crippen LogP contribution is 2.17. The third-order valence-electron chi connectivity index (χ3n) is 2.24. The third-order valence-corrected chi connectivity index (χ3v) is 3.01. The van der Waals surface area contributed by atoms with Gasteiger partial charge in [0.1, 0.15) is 11.7 Å². The van der Waals surface area contributed by atoms with E-state index in [2.05, 4.69) is 26.4 Å². The van der Waals surface area contributed by atoms with Crippen LogP contribution in [0.1, 0.15) is 18.4 Å². The van der Waals surface area contributed by atoms with Gasteiger partial charge in [-0.1, -0.05) is 21.1 Å². The van der Waals surface area contributed by atoms with Crippen LogP contribution in [0.3, 0.4) is 0 Å². The lowest BCUT2D eigenvalue weighted by Crippen LogP contribution is -2.18. The molecule has 1 rings (SSSR count). The number of oxime groups is 1. The second-order valence-electron chi connectivity index (χ2n) is 3.61. The van der Waals surface area contributed by atoms with Crippen LogP contribution in [0.2, 0.25) is 0 Å². The Labute approximate surface area is 108 Å². The Balaban J connectivity index is 2.29. The lowest BCUT2D eigenvalue weighted by molar-refractivity contribution is 0.316. The summed E-state index contributed by atoms with van der Waals surface area (Å²) < 4.78 is 13.8. The number of benzene rings is 1. The highest BCUT2D eigenvalue weighted by molar-refractivity contribution is 9.10. The molecule has 17 heavy (non-hydrogen) atoms. The van der Waals surface area contributed by atoms with Gasteiger partial charge in [0.05, 0.1) is 0 Å². The van der Waals surface area contributed by atoms with Crippen LogP contribution in [0.5, 0.6) is 0 Å². The first-order chi connectivity index (χ1) is 8.13. The normalized spacial score (nSPS) is 11.8. The summed E-state index contributed by atoms with van der Waals surface area (Å²) in [7, 11) is 0. The van der Waals surface area contributed by atoms with E-state index in [1.165, 1.54) is 12.1 Å². The second kappa shape index (κ2) is 7.24. The van der Waals surface area contributed by atoms with Crippen molar-refractivity contribution < 1.29 is 9.60 Å². The van der Waals surface area contributed by atoms with Gasteiger partial charge in [-0.3, -0.25) is 0 Å². The highest BCUT2D eigenvalue weighted by atomic mass is 79.9. The summed E-state index contributed by atoms with van der Waals surface area (Å²) in [5.74, 6) is -0.0274. The predicted octanol–water partition coefficient (Wildman–Crippen LogP) is 2.20. The highest BCUT2D eigenvalue weighted by Gasteiger charge is 2.01. The zero-order chi connectivity index (χ0) is 12.7. The lowest BCUT2D eigenvalue weighted by Gasteiger charge is -2.06. The molecule has 6 heteroatoms. The molecule has 0 amide bonds. The summed E-state index contributed by atoms with van der Waals surface area (Å²) in [6.45, 7) is 1.30. The van der Waals surface area contributed by atoms with Gasteiger partial charge in [0.25, 0.3) is 0 Å². The molecule has 4 N–H and O–H groups in total. The van der Waals surface area contributed by atoms with Crippen molar-refractivity contribution in [2.24, 2.45) is 10.9 Å². The van der Waals surface area contributed by atoms with Crippen molar-refractivity contribution in [3.63, 3.8) is 0 Å². The van der Waals surface area contributed by atoms with Crippen LogP contribution in [0, 0.1) is 5.82 Å². The van der Waals surface area contributed by atoms with Gasteiger partial charge in [-0.05, 0) is 36.7 Å². The fraction of sp³-hybridized carbons (Fsp3) is 0.364. The van der Waals surface area contributed by atoms with Gasteiger partial charge in [-0.15, -0.1) is 0 Å². The van der Waals surface area contributed by atoms with Crippen LogP contribution in [-0.2, 0) is 6.54 Å². The van der Waals surface area contributed by atoms with Gasteiger partial charge in [0.15, 0.2) is 0 Å². The minimum atomic E-state index is -0.248. The Morgan fingerprint density at radius 3 is 3.00 bits per heavy atom. The summed E-state index contributed by atoms with van der Waals surface area (Å²) >= 11 is 3.36. The van der Waals surface area contributed by atoms with E-state index in [1.807, 2.05) is 0 Å². The molecule has 1 aromatic carbocycles. The van der Waals surface area contributed by atoms with Crippen molar-refractivity contribution in [1.29, 1.82) is 0 Å². The van der Waals surface area contributed by atoms with E-state index in [1.54, 1.807) is 6.07 Å². The summed E-state index contributed by atoms with van der Waals surface area (Å²) in [6.07, 6.45) is 1.30. The molecule has 4 nitrogen and oxygen atoms in total. The third kappa shape index (κ3) is 5.14. The molecule has 0 atom stereocenters. The minimum absolute atomic E-state index is 0.221. The summed E-state index contributed by atoms with van der Waals surface area (Å²) in [5, 5.41) is 14.4. The van der Waals surface area contributed by atoms with Gasteiger partial charge < -0.3 is 16.3 Å². The molecular weight excluding hydrogens is 289 g/mol. The van der Waals surface area contributed by atoms with Crippen molar-refractivity contribution in [2.75, 3.05) is 6.54 Å². The quantitative estimate of drug-likeness (QED) is 0.248. The minimum Gasteiger partial charge on any atom is -0.409 e. The number of halogens is 2. The molecule has 0 radical (unpaired) electrons. The molecule has 0 bridgehead atoms. The molecule has 0 aromatic heterocycles. The number of rotatable bonds is 6. The first kappa shape index (κ1) is 13.9. The fourth-order valence-corrected chi connectivity index (χ4v) is 1.73. The Morgan fingerprint density at radius 1 is 1.53 bits per heavy atom. The summed E-state index contributed by atoms with van der Waals surface area (Å²) in [5.41, 5.74) is 6.19. The average molecular weight is 304 g/mol. The topological polar surface area (TPSA) is 70.6 Å². The lowest BCUT2D eigenvalue weighted by atomic mass is 10.2. The molecule has 0 unspecified atom stereocenters. The monoisotopic (exact) mass is 303 g/mol. The zero-order valence-corrected chi connectivity index (χ0v) is 10.9. The fourth-order valence-electron chi connectivity index (χ4n) is 1.35. The Hall–Kier alpha value is -1.14. The second-order valence-corrected chi connectivity index (χ2v) is 4.46. The Kier molecular flexibility index (Phi) is 5.93. The van der Waals surface area contributed by atoms with Crippen molar-refractivity contribution >= 4 is 21.8 Å². The van der Waals surface area contributed by atoms with Crippen molar-refractivity contribution in [2.45, 2.75) is 19.4 Å². The van der Waals surface area contributed by atoms with Gasteiger partial charge in [0, 0.05) is 17.4 Å². The molecule has 0 saturated heterocycles. The molecule has 0 aliphatic rings. The van der Waals surface area contributed by atoms with E-state index in [0.29, 0.717) is 13.0 Å². The molecule has 0 saturated carbocycles. The summed E-state index contributed by atoms with van der Waals surface area (Å²) in [6, 6.07) is 4.58. The molecular formula is C11H15BrFN3O. The van der Waals surface area contributed by atoms with Crippen molar-refractivity contribution in [3.8, 4) is 0 Å². The summed E-state index contributed by atoms with van der Waals surface area (Å²) in [4.78, 5) is 0. The molecule has 1 aromatic rings. The Morgan fingerprint density at radius 2 is 2.29 bits per heavy atom. The van der Waals surface area contributed by atoms with E-state index in [0.717, 1.165) is 23.0 Å². The van der Waals surface area contributed by atoms with Crippen LogP contribution in [0.15, 0.2) is 27.8 Å². The number of nitrogens with two attached hydrogens (primary N) is 1. The van der Waals surface area contributed by atoms with Crippen molar-refractivity contribution in [3.05, 3.63) is 34.1 Å². The van der Waals surface area contributed by atoms with Gasteiger partial charge >= 0.3 is 0 Å². The van der Waals surface area contributed by atoms with E-state index in [9.17, 15) is 4.39 Å². The number of nitrogens with zero attached hydrogens (tertiary/aromatic N) is 1. The molecule has 0 aliphatic heterocycles. The number of nitrogens with one attached hydrogen (secondary N) is 1. The van der Waals surface area contributed by atoms with Gasteiger partial charge in [-0.2, -0.15) is 0 Å².